The first-order chi connectivity index (χ1) is 12.5. The lowest BCUT2D eigenvalue weighted by molar-refractivity contribution is 0.415. The van der Waals surface area contributed by atoms with Crippen LogP contribution in [0, 0.1) is 0 Å². The molecule has 2 N–H and O–H groups in total. The maximum Gasteiger partial charge on any atom is 0.251 e. The third kappa shape index (κ3) is 4.22. The standard InChI is InChI=1S/C18H16N2O2.CHCl3.H2O/c1-3-12-13-9-11(22-2)7-8-15(13)19-18-14(12)10-20-16(18)5-4-6-17(20)21;2-1(3)4;/h4-9H,3,10H2,1-2H3;1H;1H2. The van der Waals surface area contributed by atoms with Crippen LogP contribution in [-0.2, 0) is 13.0 Å². The first kappa shape index (κ1) is 21.5. The number of aromatic nitrogens is 2. The van der Waals surface area contributed by atoms with Crippen molar-refractivity contribution in [3.63, 3.8) is 0 Å². The number of hydrogen-bond acceptors (Lipinski definition) is 3. The van der Waals surface area contributed by atoms with Crippen LogP contribution in [0.1, 0.15) is 18.1 Å². The quantitative estimate of drug-likeness (QED) is 0.449. The largest absolute Gasteiger partial charge is 0.497 e. The Morgan fingerprint density at radius 3 is 2.56 bits per heavy atom. The van der Waals surface area contributed by atoms with Gasteiger partial charge in [0.15, 0.2) is 4.30 Å². The van der Waals surface area contributed by atoms with Crippen LogP contribution in [0.15, 0.2) is 41.2 Å². The predicted molar refractivity (Wildman–Crippen MR) is 111 cm³/mol. The zero-order valence-corrected chi connectivity index (χ0v) is 17.1. The molecule has 0 amide bonds. The molecular weight excluding hydrogens is 411 g/mol. The smallest absolute Gasteiger partial charge is 0.251 e. The van der Waals surface area contributed by atoms with E-state index in [-0.39, 0.29) is 11.0 Å². The highest BCUT2D eigenvalue weighted by atomic mass is 35.6. The summed E-state index contributed by atoms with van der Waals surface area (Å²) in [5.41, 5.74) is 5.23. The average Bonchev–Trinajstić information content (AvgIpc) is 2.98. The third-order valence-electron chi connectivity index (χ3n) is 4.37. The molecule has 0 bridgehead atoms. The maximum atomic E-state index is 12.1. The molecule has 0 atom stereocenters. The van der Waals surface area contributed by atoms with Gasteiger partial charge in [0.25, 0.3) is 5.56 Å². The molecule has 0 unspecified atom stereocenters. The molecule has 1 aliphatic heterocycles. The molecule has 0 saturated heterocycles. The zero-order chi connectivity index (χ0) is 18.8. The molecule has 0 saturated carbocycles. The van der Waals surface area contributed by atoms with Gasteiger partial charge in [0.05, 0.1) is 30.6 Å². The first-order valence-corrected chi connectivity index (χ1v) is 9.39. The molecule has 4 rings (SSSR count). The van der Waals surface area contributed by atoms with Crippen molar-refractivity contribution in [1.82, 2.24) is 9.55 Å². The Kier molecular flexibility index (Phi) is 7.12. The summed E-state index contributed by atoms with van der Waals surface area (Å²) in [6.45, 7) is 2.74. The Morgan fingerprint density at radius 1 is 1.22 bits per heavy atom. The van der Waals surface area contributed by atoms with Crippen molar-refractivity contribution < 1.29 is 10.2 Å². The van der Waals surface area contributed by atoms with E-state index in [1.54, 1.807) is 23.8 Å². The van der Waals surface area contributed by atoms with Gasteiger partial charge in [0.2, 0.25) is 0 Å². The second kappa shape index (κ2) is 8.93. The highest BCUT2D eigenvalue weighted by molar-refractivity contribution is 6.63. The number of benzene rings is 1. The molecule has 1 aliphatic rings. The van der Waals surface area contributed by atoms with Crippen molar-refractivity contribution in [1.29, 1.82) is 0 Å². The van der Waals surface area contributed by atoms with E-state index in [9.17, 15) is 4.79 Å². The highest BCUT2D eigenvalue weighted by Crippen LogP contribution is 2.36. The number of rotatable bonds is 2. The molecule has 2 aromatic heterocycles. The SMILES string of the molecule is CCc1c2c(nc3ccc(OC)cc13)-c1cccc(=O)n1C2.ClC(Cl)Cl.O. The molecule has 0 spiro atoms. The number of pyridine rings is 2. The molecule has 0 aliphatic carbocycles. The van der Waals surface area contributed by atoms with Crippen LogP contribution in [0.2, 0.25) is 0 Å². The summed E-state index contributed by atoms with van der Waals surface area (Å²) in [5.74, 6) is 0.830. The summed E-state index contributed by atoms with van der Waals surface area (Å²) >= 11 is 14.4. The van der Waals surface area contributed by atoms with Gasteiger partial charge in [0, 0.05) is 17.0 Å². The minimum atomic E-state index is -0.750. The summed E-state index contributed by atoms with van der Waals surface area (Å²) < 4.78 is 6.39. The normalized spacial score (nSPS) is 11.3. The van der Waals surface area contributed by atoms with Gasteiger partial charge in [-0.25, -0.2) is 4.98 Å². The number of aryl methyl sites for hydroxylation is 1. The number of fused-ring (bicyclic) bond motifs is 4. The van der Waals surface area contributed by atoms with Crippen LogP contribution >= 0.6 is 34.8 Å². The van der Waals surface area contributed by atoms with Gasteiger partial charge in [-0.3, -0.25) is 4.79 Å². The lowest BCUT2D eigenvalue weighted by atomic mass is 9.98. The highest BCUT2D eigenvalue weighted by Gasteiger charge is 2.24. The number of halogens is 3. The Bertz CT molecular complexity index is 1020. The van der Waals surface area contributed by atoms with E-state index in [4.69, 9.17) is 44.5 Å². The van der Waals surface area contributed by atoms with E-state index < -0.39 is 4.30 Å². The van der Waals surface area contributed by atoms with Crippen LogP contribution in [0.5, 0.6) is 5.75 Å². The molecule has 3 aromatic rings. The van der Waals surface area contributed by atoms with Crippen molar-refractivity contribution in [3.05, 3.63) is 57.9 Å². The Labute approximate surface area is 171 Å². The fourth-order valence-electron chi connectivity index (χ4n) is 3.31. The third-order valence-corrected chi connectivity index (χ3v) is 4.37. The topological polar surface area (TPSA) is 75.6 Å². The fraction of sp³-hybridized carbons (Fsp3) is 0.263. The summed E-state index contributed by atoms with van der Waals surface area (Å²) in [6, 6.07) is 11.3. The van der Waals surface area contributed by atoms with Crippen LogP contribution in [-0.4, -0.2) is 26.4 Å². The van der Waals surface area contributed by atoms with Gasteiger partial charge in [-0.05, 0) is 36.2 Å². The van der Waals surface area contributed by atoms with Gasteiger partial charge in [-0.15, -0.1) is 0 Å². The second-order valence-electron chi connectivity index (χ2n) is 5.74. The summed E-state index contributed by atoms with van der Waals surface area (Å²) in [7, 11) is 1.67. The van der Waals surface area contributed by atoms with E-state index in [0.717, 1.165) is 40.0 Å². The minimum absolute atomic E-state index is 0. The van der Waals surface area contributed by atoms with Gasteiger partial charge in [-0.2, -0.15) is 0 Å². The molecule has 8 heteroatoms. The van der Waals surface area contributed by atoms with Crippen molar-refractivity contribution in [2.45, 2.75) is 24.2 Å². The van der Waals surface area contributed by atoms with E-state index in [0.29, 0.717) is 6.54 Å². The molecule has 0 radical (unpaired) electrons. The summed E-state index contributed by atoms with van der Waals surface area (Å²) in [4.78, 5) is 16.9. The van der Waals surface area contributed by atoms with Gasteiger partial charge in [-0.1, -0.05) is 47.8 Å². The molecule has 144 valence electrons. The number of alkyl halides is 3. The van der Waals surface area contributed by atoms with Gasteiger partial charge < -0.3 is 14.8 Å². The maximum absolute atomic E-state index is 12.1. The van der Waals surface area contributed by atoms with Crippen molar-refractivity contribution >= 4 is 45.7 Å². The molecule has 0 fully saturated rings. The number of hydrogen-bond donors (Lipinski definition) is 0. The van der Waals surface area contributed by atoms with Crippen molar-refractivity contribution in [3.8, 4) is 17.1 Å². The van der Waals surface area contributed by atoms with Crippen LogP contribution in [0.3, 0.4) is 0 Å². The van der Waals surface area contributed by atoms with E-state index in [1.807, 2.05) is 24.3 Å². The lowest BCUT2D eigenvalue weighted by Gasteiger charge is -2.11. The van der Waals surface area contributed by atoms with Gasteiger partial charge in [0.1, 0.15) is 5.75 Å². The van der Waals surface area contributed by atoms with Gasteiger partial charge >= 0.3 is 0 Å². The molecule has 1 aromatic carbocycles. The van der Waals surface area contributed by atoms with Crippen molar-refractivity contribution in [2.24, 2.45) is 0 Å². The zero-order valence-electron chi connectivity index (χ0n) is 14.8. The minimum Gasteiger partial charge on any atom is -0.497 e. The second-order valence-corrected chi connectivity index (χ2v) is 7.72. The Balaban J connectivity index is 0.000000479. The van der Waals surface area contributed by atoms with E-state index >= 15 is 0 Å². The summed E-state index contributed by atoms with van der Waals surface area (Å²) in [6.07, 6.45) is 0.900. The van der Waals surface area contributed by atoms with Crippen LogP contribution in [0.25, 0.3) is 22.3 Å². The van der Waals surface area contributed by atoms with Crippen LogP contribution in [0.4, 0.5) is 0 Å². The number of methoxy groups -OCH3 is 1. The monoisotopic (exact) mass is 428 g/mol. The predicted octanol–water partition coefficient (Wildman–Crippen LogP) is 4.16. The number of ether oxygens (including phenoxy) is 1. The summed E-state index contributed by atoms with van der Waals surface area (Å²) in [5, 5.41) is 1.11. The Morgan fingerprint density at radius 2 is 1.93 bits per heavy atom. The lowest BCUT2D eigenvalue weighted by Crippen LogP contribution is -2.16. The fourth-order valence-corrected chi connectivity index (χ4v) is 3.31. The molecular formula is C19H19Cl3N2O3. The molecule has 3 heterocycles. The number of nitrogens with zero attached hydrogens (tertiary/aromatic N) is 2. The average molecular weight is 430 g/mol. The van der Waals surface area contributed by atoms with Crippen LogP contribution < -0.4 is 10.3 Å². The first-order valence-electron chi connectivity index (χ1n) is 8.08. The van der Waals surface area contributed by atoms with E-state index in [1.165, 1.54) is 5.56 Å². The molecule has 27 heavy (non-hydrogen) atoms. The van der Waals surface area contributed by atoms with E-state index in [2.05, 4.69) is 6.92 Å². The Hall–Kier alpha value is -1.79. The van der Waals surface area contributed by atoms with Crippen molar-refractivity contribution in [2.75, 3.05) is 7.11 Å². The molecule has 5 nitrogen and oxygen atoms in total.